The summed E-state index contributed by atoms with van der Waals surface area (Å²) in [5.41, 5.74) is 0. The van der Waals surface area contributed by atoms with Gasteiger partial charge in [-0.2, -0.15) is 0 Å². The first kappa shape index (κ1) is 25.9. The van der Waals surface area contributed by atoms with Crippen LogP contribution < -0.4 is 10.6 Å². The summed E-state index contributed by atoms with van der Waals surface area (Å²) < 4.78 is 0. The molecule has 0 aliphatic carbocycles. The Balaban J connectivity index is 0.00000420. The molecule has 0 saturated carbocycles. The molecule has 2 rings (SSSR count). The summed E-state index contributed by atoms with van der Waals surface area (Å²) in [4.78, 5) is 34.6. The first-order valence-corrected chi connectivity index (χ1v) is 10.5. The molecule has 0 aromatic rings. The number of carbonyl (C=O) groups excluding carboxylic acids is 2. The van der Waals surface area contributed by atoms with Crippen LogP contribution in [0, 0.1) is 5.92 Å². The quantitative estimate of drug-likeness (QED) is 0.226. The molecule has 0 aromatic heterocycles. The number of aliphatic imine (C=N–C) groups is 1. The van der Waals surface area contributed by atoms with Gasteiger partial charge in [0.15, 0.2) is 5.96 Å². The molecule has 2 unspecified atom stereocenters. The molecule has 2 atom stereocenters. The molecule has 2 amide bonds. The first-order valence-electron chi connectivity index (χ1n) is 10.5. The van der Waals surface area contributed by atoms with Crippen LogP contribution in [0.15, 0.2) is 4.99 Å². The van der Waals surface area contributed by atoms with Gasteiger partial charge in [0.05, 0.1) is 6.04 Å². The van der Waals surface area contributed by atoms with Crippen molar-refractivity contribution in [2.75, 3.05) is 53.9 Å². The average molecular weight is 522 g/mol. The van der Waals surface area contributed by atoms with Gasteiger partial charge in [-0.15, -0.1) is 24.0 Å². The molecule has 2 heterocycles. The van der Waals surface area contributed by atoms with Crippen LogP contribution in [0.25, 0.3) is 0 Å². The third-order valence-electron chi connectivity index (χ3n) is 5.56. The van der Waals surface area contributed by atoms with E-state index in [-0.39, 0.29) is 53.8 Å². The number of nitrogens with zero attached hydrogens (tertiary/aromatic N) is 4. The summed E-state index contributed by atoms with van der Waals surface area (Å²) in [5, 5.41) is 6.80. The normalized spacial score (nSPS) is 22.6. The van der Waals surface area contributed by atoms with Crippen molar-refractivity contribution in [2.45, 2.75) is 51.6 Å². The molecule has 29 heavy (non-hydrogen) atoms. The van der Waals surface area contributed by atoms with Gasteiger partial charge >= 0.3 is 0 Å². The minimum Gasteiger partial charge on any atom is -0.356 e. The molecule has 0 aromatic carbocycles. The summed E-state index contributed by atoms with van der Waals surface area (Å²) in [5.74, 6) is 1.26. The van der Waals surface area contributed by atoms with Gasteiger partial charge in [0, 0.05) is 59.3 Å². The Labute approximate surface area is 192 Å². The second-order valence-corrected chi connectivity index (χ2v) is 8.35. The number of guanidine groups is 1. The van der Waals surface area contributed by atoms with E-state index in [0.29, 0.717) is 0 Å². The second kappa shape index (κ2) is 12.6. The Morgan fingerprint density at radius 3 is 2.55 bits per heavy atom. The van der Waals surface area contributed by atoms with E-state index in [1.807, 2.05) is 32.8 Å². The highest BCUT2D eigenvalue weighted by atomic mass is 127. The summed E-state index contributed by atoms with van der Waals surface area (Å²) in [7, 11) is 5.43. The maximum absolute atomic E-state index is 12.3. The Morgan fingerprint density at radius 2 is 1.93 bits per heavy atom. The van der Waals surface area contributed by atoms with Gasteiger partial charge in [0.25, 0.3) is 0 Å². The fourth-order valence-electron chi connectivity index (χ4n) is 3.99. The fourth-order valence-corrected chi connectivity index (χ4v) is 3.99. The number of likely N-dealkylation sites (tertiary alicyclic amines) is 2. The third kappa shape index (κ3) is 7.58. The fraction of sp³-hybridized carbons (Fsp3) is 0.850. The Bertz CT molecular complexity index is 569. The van der Waals surface area contributed by atoms with Crippen molar-refractivity contribution < 1.29 is 9.59 Å². The van der Waals surface area contributed by atoms with Crippen molar-refractivity contribution in [2.24, 2.45) is 10.9 Å². The zero-order valence-electron chi connectivity index (χ0n) is 18.6. The number of amides is 2. The Morgan fingerprint density at radius 1 is 1.21 bits per heavy atom. The Kier molecular flexibility index (Phi) is 11.2. The van der Waals surface area contributed by atoms with Crippen molar-refractivity contribution in [3.63, 3.8) is 0 Å². The van der Waals surface area contributed by atoms with Crippen LogP contribution in [0.4, 0.5) is 0 Å². The number of likely N-dealkylation sites (N-methyl/N-ethyl adjacent to an activating group) is 1. The van der Waals surface area contributed by atoms with Crippen LogP contribution in [0.2, 0.25) is 0 Å². The van der Waals surface area contributed by atoms with Gasteiger partial charge in [-0.25, -0.2) is 0 Å². The minimum absolute atomic E-state index is 0. The topological polar surface area (TPSA) is 80.3 Å². The van der Waals surface area contributed by atoms with Crippen molar-refractivity contribution in [1.29, 1.82) is 0 Å². The van der Waals surface area contributed by atoms with E-state index in [9.17, 15) is 9.59 Å². The van der Waals surface area contributed by atoms with Gasteiger partial charge in [0.1, 0.15) is 0 Å². The van der Waals surface area contributed by atoms with Gasteiger partial charge in [-0.1, -0.05) is 13.8 Å². The van der Waals surface area contributed by atoms with Gasteiger partial charge < -0.3 is 20.4 Å². The predicted octanol–water partition coefficient (Wildman–Crippen LogP) is 0.969. The highest BCUT2D eigenvalue weighted by Crippen LogP contribution is 2.18. The largest absolute Gasteiger partial charge is 0.356 e. The van der Waals surface area contributed by atoms with Crippen LogP contribution in [-0.4, -0.2) is 98.4 Å². The zero-order valence-corrected chi connectivity index (χ0v) is 20.9. The molecular weight excluding hydrogens is 483 g/mol. The summed E-state index contributed by atoms with van der Waals surface area (Å²) in [6, 6.07) is 0.282. The highest BCUT2D eigenvalue weighted by molar-refractivity contribution is 14.0. The minimum atomic E-state index is 0. The average Bonchev–Trinajstić information content (AvgIpc) is 3.32. The number of hydrogen-bond acceptors (Lipinski definition) is 4. The molecule has 2 saturated heterocycles. The summed E-state index contributed by atoms with van der Waals surface area (Å²) in [6.45, 7) is 8.15. The van der Waals surface area contributed by atoms with E-state index in [1.165, 1.54) is 0 Å². The number of carbonyl (C=O) groups is 2. The maximum atomic E-state index is 12.3. The third-order valence-corrected chi connectivity index (χ3v) is 5.56. The van der Waals surface area contributed by atoms with Gasteiger partial charge in [0.2, 0.25) is 11.8 Å². The Hall–Kier alpha value is -1.10. The van der Waals surface area contributed by atoms with Crippen LogP contribution in [-0.2, 0) is 9.59 Å². The van der Waals surface area contributed by atoms with E-state index < -0.39 is 0 Å². The lowest BCUT2D eigenvalue weighted by molar-refractivity contribution is -0.134. The molecule has 168 valence electrons. The standard InChI is InChI=1S/C20H38N6O2.HI/c1-15(2)18(27)26-13-9-16(14-26)23-20(21-3)22-10-7-12-25-11-6-8-17(25)19(28)24(4)5;/h15-17H,6-14H2,1-5H3,(H2,21,22,23);1H. The molecule has 2 fully saturated rings. The molecule has 0 bridgehead atoms. The van der Waals surface area contributed by atoms with Crippen molar-refractivity contribution in [3.05, 3.63) is 0 Å². The number of hydrogen-bond donors (Lipinski definition) is 2. The molecule has 0 spiro atoms. The van der Waals surface area contributed by atoms with Crippen LogP contribution >= 0.6 is 24.0 Å². The van der Waals surface area contributed by atoms with E-state index in [2.05, 4.69) is 20.5 Å². The highest BCUT2D eigenvalue weighted by Gasteiger charge is 2.31. The zero-order chi connectivity index (χ0) is 20.7. The van der Waals surface area contributed by atoms with E-state index >= 15 is 0 Å². The first-order chi connectivity index (χ1) is 13.3. The molecule has 2 N–H and O–H groups in total. The maximum Gasteiger partial charge on any atom is 0.239 e. The lowest BCUT2D eigenvalue weighted by Gasteiger charge is -2.26. The van der Waals surface area contributed by atoms with Crippen LogP contribution in [0.3, 0.4) is 0 Å². The molecule has 0 radical (unpaired) electrons. The van der Waals surface area contributed by atoms with E-state index in [0.717, 1.165) is 64.4 Å². The number of rotatable bonds is 7. The van der Waals surface area contributed by atoms with Gasteiger partial charge in [-0.05, 0) is 32.2 Å². The van der Waals surface area contributed by atoms with E-state index in [4.69, 9.17) is 0 Å². The smallest absolute Gasteiger partial charge is 0.239 e. The molecular formula is C20H39IN6O2. The number of halogens is 1. The van der Waals surface area contributed by atoms with Crippen LogP contribution in [0.5, 0.6) is 0 Å². The second-order valence-electron chi connectivity index (χ2n) is 8.35. The van der Waals surface area contributed by atoms with Crippen molar-refractivity contribution in [1.82, 2.24) is 25.3 Å². The summed E-state index contributed by atoms with van der Waals surface area (Å²) in [6.07, 6.45) is 3.96. The number of nitrogens with one attached hydrogen (secondary N) is 2. The summed E-state index contributed by atoms with van der Waals surface area (Å²) >= 11 is 0. The molecule has 9 heteroatoms. The lowest BCUT2D eigenvalue weighted by atomic mass is 10.2. The lowest BCUT2D eigenvalue weighted by Crippen LogP contribution is -2.46. The monoisotopic (exact) mass is 522 g/mol. The SMILES string of the molecule is CN=C(NCCCN1CCCC1C(=O)N(C)C)NC1CCN(C(=O)C(C)C)C1.I. The van der Waals surface area contributed by atoms with E-state index in [1.54, 1.807) is 11.9 Å². The molecule has 2 aliphatic rings. The van der Waals surface area contributed by atoms with Crippen molar-refractivity contribution >= 4 is 41.8 Å². The predicted molar refractivity (Wildman–Crippen MR) is 128 cm³/mol. The molecule has 8 nitrogen and oxygen atoms in total. The van der Waals surface area contributed by atoms with Crippen LogP contribution in [0.1, 0.15) is 39.5 Å². The van der Waals surface area contributed by atoms with Gasteiger partial charge in [-0.3, -0.25) is 19.5 Å². The van der Waals surface area contributed by atoms with Crippen molar-refractivity contribution in [3.8, 4) is 0 Å². The molecule has 2 aliphatic heterocycles.